The molecule has 2 aromatic rings. The zero-order valence-electron chi connectivity index (χ0n) is 16.3. The second kappa shape index (κ2) is 6.49. The monoisotopic (exact) mass is 388 g/mol. The number of hydrogen-bond donors (Lipinski definition) is 1. The molecule has 7 heteroatoms. The molecule has 0 aliphatic heterocycles. The number of aromatic nitrogens is 3. The maximum atomic E-state index is 13.5. The van der Waals surface area contributed by atoms with Crippen LogP contribution < -0.4 is 5.32 Å². The lowest BCUT2D eigenvalue weighted by Crippen LogP contribution is -2.56. The van der Waals surface area contributed by atoms with Gasteiger partial charge in [0.05, 0.1) is 11.1 Å². The summed E-state index contributed by atoms with van der Waals surface area (Å²) in [5.74, 6) is 2.81. The minimum atomic E-state index is -2.59. The van der Waals surface area contributed by atoms with Crippen LogP contribution in [0, 0.1) is 37.5 Å². The van der Waals surface area contributed by atoms with Gasteiger partial charge < -0.3 is 5.32 Å². The van der Waals surface area contributed by atoms with E-state index in [0.717, 1.165) is 11.8 Å². The molecule has 2 heterocycles. The summed E-state index contributed by atoms with van der Waals surface area (Å²) in [4.78, 5) is 17.2. The van der Waals surface area contributed by atoms with Crippen LogP contribution in [-0.2, 0) is 11.3 Å². The van der Waals surface area contributed by atoms with Crippen molar-refractivity contribution >= 4 is 16.9 Å². The molecule has 0 aromatic carbocycles. The maximum absolute atomic E-state index is 13.5. The van der Waals surface area contributed by atoms with Gasteiger partial charge in [-0.05, 0) is 75.7 Å². The summed E-state index contributed by atoms with van der Waals surface area (Å²) in [7, 11) is 0. The molecule has 4 aliphatic carbocycles. The Balaban J connectivity index is 1.38. The lowest BCUT2D eigenvalue weighted by Gasteiger charge is -2.54. The number of halogens is 2. The average Bonchev–Trinajstić information content (AvgIpc) is 2.92. The molecule has 0 unspecified atom stereocenters. The molecule has 1 N–H and O–H groups in total. The third kappa shape index (κ3) is 2.90. The van der Waals surface area contributed by atoms with Crippen LogP contribution in [0.5, 0.6) is 0 Å². The fourth-order valence-corrected chi connectivity index (χ4v) is 6.33. The fraction of sp³-hybridized carbons (Fsp3) is 0.667. The van der Waals surface area contributed by atoms with Gasteiger partial charge in [0.25, 0.3) is 6.43 Å². The lowest BCUT2D eigenvalue weighted by atomic mass is 9.54. The highest BCUT2D eigenvalue weighted by Crippen LogP contribution is 2.53. The molecule has 4 aliphatic rings. The van der Waals surface area contributed by atoms with E-state index in [4.69, 9.17) is 0 Å². The van der Waals surface area contributed by atoms with E-state index in [-0.39, 0.29) is 24.1 Å². The Labute approximate surface area is 162 Å². The van der Waals surface area contributed by atoms with Crippen LogP contribution in [-0.4, -0.2) is 26.7 Å². The van der Waals surface area contributed by atoms with Crippen LogP contribution in [0.1, 0.15) is 55.5 Å². The average molecular weight is 388 g/mol. The summed E-state index contributed by atoms with van der Waals surface area (Å²) in [6, 6.07) is 1.66. The van der Waals surface area contributed by atoms with Gasteiger partial charge in [0.2, 0.25) is 5.91 Å². The third-order valence-corrected chi connectivity index (χ3v) is 7.12. The SMILES string of the molecule is Cc1cc(C(F)F)c2c(C)nn(CC(=O)NC3C4CC5CC(C4)CC3C5)c2n1. The molecule has 28 heavy (non-hydrogen) atoms. The number of rotatable bonds is 4. The first kappa shape index (κ1) is 18.0. The number of nitrogens with zero attached hydrogens (tertiary/aromatic N) is 3. The molecule has 1 amide bonds. The highest BCUT2D eigenvalue weighted by molar-refractivity contribution is 5.84. The quantitative estimate of drug-likeness (QED) is 0.863. The van der Waals surface area contributed by atoms with Gasteiger partial charge in [0.15, 0.2) is 5.65 Å². The van der Waals surface area contributed by atoms with Gasteiger partial charge >= 0.3 is 0 Å². The molecule has 0 radical (unpaired) electrons. The van der Waals surface area contributed by atoms with Crippen molar-refractivity contribution in [3.8, 4) is 0 Å². The number of nitrogens with one attached hydrogen (secondary N) is 1. The second-order valence-electron chi connectivity index (χ2n) is 9.12. The Kier molecular flexibility index (Phi) is 4.18. The molecular weight excluding hydrogens is 362 g/mol. The summed E-state index contributed by atoms with van der Waals surface area (Å²) in [6.45, 7) is 3.40. The highest BCUT2D eigenvalue weighted by atomic mass is 19.3. The molecule has 150 valence electrons. The van der Waals surface area contributed by atoms with Gasteiger partial charge in [0, 0.05) is 17.3 Å². The van der Waals surface area contributed by atoms with Crippen LogP contribution in [0.15, 0.2) is 6.07 Å². The Hall–Kier alpha value is -2.05. The van der Waals surface area contributed by atoms with Crippen molar-refractivity contribution in [3.63, 3.8) is 0 Å². The van der Waals surface area contributed by atoms with E-state index in [9.17, 15) is 13.6 Å². The number of pyridine rings is 1. The first-order valence-electron chi connectivity index (χ1n) is 10.3. The molecule has 0 saturated heterocycles. The van der Waals surface area contributed by atoms with Crippen LogP contribution in [0.4, 0.5) is 8.78 Å². The second-order valence-corrected chi connectivity index (χ2v) is 9.12. The standard InChI is InChI=1S/C21H26F2N4O/c1-10-3-16(20(22)23)18-11(2)26-27(21(18)24-10)9-17(28)25-19-14-5-12-4-13(7-14)8-15(19)6-12/h3,12-15,19-20H,4-9H2,1-2H3,(H,25,28). The molecular formula is C21H26F2N4O. The number of carbonyl (C=O) groups excluding carboxylic acids is 1. The van der Waals surface area contributed by atoms with Crippen molar-refractivity contribution in [1.82, 2.24) is 20.1 Å². The molecule has 4 bridgehead atoms. The summed E-state index contributed by atoms with van der Waals surface area (Å²) < 4.78 is 28.4. The first-order valence-corrected chi connectivity index (χ1v) is 10.3. The number of carbonyl (C=O) groups is 1. The maximum Gasteiger partial charge on any atom is 0.264 e. The minimum Gasteiger partial charge on any atom is -0.351 e. The molecule has 0 spiro atoms. The van der Waals surface area contributed by atoms with Crippen molar-refractivity contribution in [2.24, 2.45) is 23.7 Å². The van der Waals surface area contributed by atoms with Gasteiger partial charge in [-0.1, -0.05) is 0 Å². The van der Waals surface area contributed by atoms with Crippen LogP contribution in [0.25, 0.3) is 11.0 Å². The van der Waals surface area contributed by atoms with Crippen molar-refractivity contribution < 1.29 is 13.6 Å². The Morgan fingerprint density at radius 3 is 2.43 bits per heavy atom. The van der Waals surface area contributed by atoms with E-state index >= 15 is 0 Å². The number of alkyl halides is 2. The van der Waals surface area contributed by atoms with Gasteiger partial charge in [-0.25, -0.2) is 18.4 Å². The Morgan fingerprint density at radius 1 is 1.18 bits per heavy atom. The summed E-state index contributed by atoms with van der Waals surface area (Å²) in [5.41, 5.74) is 1.30. The van der Waals surface area contributed by atoms with E-state index < -0.39 is 6.43 Å². The summed E-state index contributed by atoms with van der Waals surface area (Å²) >= 11 is 0. The van der Waals surface area contributed by atoms with Crippen molar-refractivity contribution in [2.45, 2.75) is 65.0 Å². The lowest BCUT2D eigenvalue weighted by molar-refractivity contribution is -0.125. The number of aryl methyl sites for hydroxylation is 2. The molecule has 0 atom stereocenters. The Morgan fingerprint density at radius 2 is 1.82 bits per heavy atom. The van der Waals surface area contributed by atoms with Gasteiger partial charge in [0.1, 0.15) is 6.54 Å². The molecule has 4 saturated carbocycles. The van der Waals surface area contributed by atoms with E-state index in [2.05, 4.69) is 15.4 Å². The number of hydrogen-bond acceptors (Lipinski definition) is 3. The predicted octanol–water partition coefficient (Wildman–Crippen LogP) is 3.93. The highest BCUT2D eigenvalue weighted by Gasteiger charge is 2.48. The molecule has 6 rings (SSSR count). The van der Waals surface area contributed by atoms with E-state index in [1.54, 1.807) is 13.8 Å². The molecule has 2 aromatic heterocycles. The van der Waals surface area contributed by atoms with Crippen LogP contribution >= 0.6 is 0 Å². The third-order valence-electron chi connectivity index (χ3n) is 7.12. The zero-order chi connectivity index (χ0) is 19.6. The van der Waals surface area contributed by atoms with Crippen molar-refractivity contribution in [3.05, 3.63) is 23.0 Å². The Bertz CT molecular complexity index is 910. The minimum absolute atomic E-state index is 0.0201. The normalized spacial score (nSPS) is 31.1. The molecule has 5 nitrogen and oxygen atoms in total. The van der Waals surface area contributed by atoms with E-state index in [1.165, 1.54) is 42.9 Å². The van der Waals surface area contributed by atoms with E-state index in [0.29, 0.717) is 34.3 Å². The van der Waals surface area contributed by atoms with Crippen LogP contribution in [0.2, 0.25) is 0 Å². The molecule has 4 fully saturated rings. The fourth-order valence-electron chi connectivity index (χ4n) is 6.33. The first-order chi connectivity index (χ1) is 13.4. The smallest absolute Gasteiger partial charge is 0.264 e. The summed E-state index contributed by atoms with van der Waals surface area (Å²) in [6.07, 6.45) is 3.73. The predicted molar refractivity (Wildman–Crippen MR) is 101 cm³/mol. The van der Waals surface area contributed by atoms with Gasteiger partial charge in [-0.3, -0.25) is 4.79 Å². The van der Waals surface area contributed by atoms with E-state index in [1.807, 2.05) is 0 Å². The van der Waals surface area contributed by atoms with Crippen LogP contribution in [0.3, 0.4) is 0 Å². The van der Waals surface area contributed by atoms with Crippen molar-refractivity contribution in [1.29, 1.82) is 0 Å². The van der Waals surface area contributed by atoms with Crippen molar-refractivity contribution in [2.75, 3.05) is 0 Å². The topological polar surface area (TPSA) is 59.8 Å². The van der Waals surface area contributed by atoms with Gasteiger partial charge in [-0.2, -0.15) is 5.10 Å². The largest absolute Gasteiger partial charge is 0.351 e. The summed E-state index contributed by atoms with van der Waals surface area (Å²) in [5, 5.41) is 7.98. The number of amides is 1. The number of fused-ring (bicyclic) bond motifs is 1. The zero-order valence-corrected chi connectivity index (χ0v) is 16.3. The van der Waals surface area contributed by atoms with Gasteiger partial charge in [-0.15, -0.1) is 0 Å².